The molecule has 0 aliphatic rings. The van der Waals surface area contributed by atoms with Crippen LogP contribution in [0, 0.1) is 0 Å². The summed E-state index contributed by atoms with van der Waals surface area (Å²) < 4.78 is 55.6. The minimum absolute atomic E-state index is 0.0513. The minimum Gasteiger partial charge on any atom is -0.497 e. The van der Waals surface area contributed by atoms with Crippen LogP contribution >= 0.6 is 0 Å². The van der Waals surface area contributed by atoms with Crippen molar-refractivity contribution >= 4 is 19.9 Å². The second-order valence-corrected chi connectivity index (χ2v) is 8.58. The highest BCUT2D eigenvalue weighted by molar-refractivity contribution is 7.91. The van der Waals surface area contributed by atoms with Crippen LogP contribution in [0.15, 0.2) is 64.4 Å². The van der Waals surface area contributed by atoms with E-state index in [4.69, 9.17) is 4.74 Å². The molecule has 0 bridgehead atoms. The van der Waals surface area contributed by atoms with Gasteiger partial charge in [-0.15, -0.1) is 0 Å². The van der Waals surface area contributed by atoms with Crippen LogP contribution in [-0.2, 0) is 19.9 Å². The molecule has 2 rings (SSSR count). The highest BCUT2D eigenvalue weighted by Crippen LogP contribution is 2.15. The van der Waals surface area contributed by atoms with E-state index in [2.05, 4.69) is 4.72 Å². The molecule has 0 amide bonds. The summed E-state index contributed by atoms with van der Waals surface area (Å²) in [5.74, 6) is 0.225. The van der Waals surface area contributed by atoms with Crippen molar-refractivity contribution < 1.29 is 21.6 Å². The van der Waals surface area contributed by atoms with Gasteiger partial charge in [-0.1, -0.05) is 18.2 Å². The van der Waals surface area contributed by atoms with Crippen molar-refractivity contribution in [2.75, 3.05) is 19.4 Å². The van der Waals surface area contributed by atoms with E-state index in [-0.39, 0.29) is 22.1 Å². The van der Waals surface area contributed by atoms with E-state index in [9.17, 15) is 16.8 Å². The fourth-order valence-electron chi connectivity index (χ4n) is 1.89. The molecular formula is C15H17NO5S2. The van der Waals surface area contributed by atoms with E-state index < -0.39 is 19.9 Å². The lowest BCUT2D eigenvalue weighted by Gasteiger charge is -2.08. The Kier molecular flexibility index (Phi) is 5.40. The number of benzene rings is 2. The quantitative estimate of drug-likeness (QED) is 0.812. The van der Waals surface area contributed by atoms with E-state index in [0.29, 0.717) is 5.75 Å². The highest BCUT2D eigenvalue weighted by atomic mass is 32.2. The Balaban J connectivity index is 2.02. The van der Waals surface area contributed by atoms with Gasteiger partial charge in [-0.3, -0.25) is 0 Å². The number of hydrogen-bond acceptors (Lipinski definition) is 5. The maximum absolute atomic E-state index is 12.1. The molecule has 1 N–H and O–H groups in total. The summed E-state index contributed by atoms with van der Waals surface area (Å²) in [6.07, 6.45) is 0. The first-order chi connectivity index (χ1) is 10.8. The molecule has 0 aliphatic heterocycles. The molecule has 0 aliphatic carbocycles. The molecular weight excluding hydrogens is 338 g/mol. The maximum Gasteiger partial charge on any atom is 0.240 e. The first-order valence-electron chi connectivity index (χ1n) is 6.77. The fraction of sp³-hybridized carbons (Fsp3) is 0.200. The number of ether oxygens (including phenoxy) is 1. The second-order valence-electron chi connectivity index (χ2n) is 4.71. The number of nitrogens with one attached hydrogen (secondary N) is 1. The summed E-state index contributed by atoms with van der Waals surface area (Å²) in [6.45, 7) is -0.203. The fourth-order valence-corrected chi connectivity index (χ4v) is 4.23. The van der Waals surface area contributed by atoms with Crippen molar-refractivity contribution in [1.29, 1.82) is 0 Å². The molecule has 124 valence electrons. The van der Waals surface area contributed by atoms with Gasteiger partial charge in [-0.05, 0) is 36.4 Å². The summed E-state index contributed by atoms with van der Waals surface area (Å²) in [5, 5.41) is 0. The maximum atomic E-state index is 12.1. The minimum atomic E-state index is -3.76. The number of hydrogen-bond donors (Lipinski definition) is 1. The molecule has 8 heteroatoms. The molecule has 23 heavy (non-hydrogen) atoms. The molecule has 0 fully saturated rings. The van der Waals surface area contributed by atoms with Crippen molar-refractivity contribution in [1.82, 2.24) is 4.72 Å². The van der Waals surface area contributed by atoms with Crippen LogP contribution in [0.25, 0.3) is 0 Å². The van der Waals surface area contributed by atoms with Gasteiger partial charge in [0.25, 0.3) is 0 Å². The van der Waals surface area contributed by atoms with E-state index in [1.807, 2.05) is 0 Å². The van der Waals surface area contributed by atoms with Gasteiger partial charge in [0.1, 0.15) is 5.75 Å². The van der Waals surface area contributed by atoms with Crippen LogP contribution in [0.3, 0.4) is 0 Å². The molecule has 0 spiro atoms. The Morgan fingerprint density at radius 2 is 1.48 bits per heavy atom. The monoisotopic (exact) mass is 355 g/mol. The van der Waals surface area contributed by atoms with Crippen LogP contribution in [0.5, 0.6) is 5.75 Å². The molecule has 0 atom stereocenters. The molecule has 6 nitrogen and oxygen atoms in total. The molecule has 0 aromatic heterocycles. The predicted octanol–water partition coefficient (Wildman–Crippen LogP) is 1.45. The van der Waals surface area contributed by atoms with Crippen LogP contribution in [0.1, 0.15) is 0 Å². The lowest BCUT2D eigenvalue weighted by Crippen LogP contribution is -2.29. The Morgan fingerprint density at radius 1 is 0.870 bits per heavy atom. The van der Waals surface area contributed by atoms with E-state index in [0.717, 1.165) is 0 Å². The molecule has 0 heterocycles. The van der Waals surface area contributed by atoms with Crippen LogP contribution in [0.2, 0.25) is 0 Å². The third-order valence-corrected chi connectivity index (χ3v) is 6.34. The summed E-state index contributed by atoms with van der Waals surface area (Å²) in [6, 6.07) is 13.7. The van der Waals surface area contributed by atoms with Crippen molar-refractivity contribution in [3.8, 4) is 5.75 Å². The number of sulfone groups is 1. The zero-order valence-electron chi connectivity index (χ0n) is 12.5. The van der Waals surface area contributed by atoms with Crippen molar-refractivity contribution in [3.05, 3.63) is 54.6 Å². The van der Waals surface area contributed by atoms with Crippen molar-refractivity contribution in [2.45, 2.75) is 9.79 Å². The summed E-state index contributed by atoms with van der Waals surface area (Å²) in [4.78, 5) is 0.221. The zero-order valence-corrected chi connectivity index (χ0v) is 14.1. The summed E-state index contributed by atoms with van der Waals surface area (Å²) in [7, 11) is -5.80. The zero-order chi connectivity index (χ0) is 16.9. The van der Waals surface area contributed by atoms with Gasteiger partial charge in [-0.25, -0.2) is 21.6 Å². The highest BCUT2D eigenvalue weighted by Gasteiger charge is 2.17. The Hall–Kier alpha value is -1.90. The first kappa shape index (κ1) is 17.5. The van der Waals surface area contributed by atoms with Crippen molar-refractivity contribution in [3.63, 3.8) is 0 Å². The molecule has 2 aromatic rings. The van der Waals surface area contributed by atoms with E-state index >= 15 is 0 Å². The van der Waals surface area contributed by atoms with Crippen LogP contribution in [-0.4, -0.2) is 36.2 Å². The normalized spacial score (nSPS) is 12.0. The van der Waals surface area contributed by atoms with Gasteiger partial charge in [0.2, 0.25) is 10.0 Å². The molecule has 0 unspecified atom stereocenters. The van der Waals surface area contributed by atoms with Gasteiger partial charge in [0, 0.05) is 6.54 Å². The van der Waals surface area contributed by atoms with Gasteiger partial charge >= 0.3 is 0 Å². The summed E-state index contributed by atoms with van der Waals surface area (Å²) >= 11 is 0. The first-order valence-corrected chi connectivity index (χ1v) is 9.90. The lowest BCUT2D eigenvalue weighted by molar-refractivity contribution is 0.414. The molecule has 0 radical (unpaired) electrons. The average Bonchev–Trinajstić information content (AvgIpc) is 2.55. The standard InChI is InChI=1S/C15H17NO5S2/c1-21-13-7-9-15(10-8-13)23(19,20)16-11-12-22(17,18)14-5-3-2-4-6-14/h2-10,16H,11-12H2,1H3. The SMILES string of the molecule is COc1ccc(S(=O)(=O)NCCS(=O)(=O)c2ccccc2)cc1. The third-order valence-electron chi connectivity index (χ3n) is 3.13. The molecule has 0 saturated heterocycles. The smallest absolute Gasteiger partial charge is 0.240 e. The van der Waals surface area contributed by atoms with Crippen LogP contribution in [0.4, 0.5) is 0 Å². The molecule has 0 saturated carbocycles. The van der Waals surface area contributed by atoms with Gasteiger partial charge < -0.3 is 4.74 Å². The largest absolute Gasteiger partial charge is 0.497 e. The Labute approximate surface area is 136 Å². The lowest BCUT2D eigenvalue weighted by atomic mass is 10.3. The van der Waals surface area contributed by atoms with Gasteiger partial charge in [0.05, 0.1) is 22.7 Å². The average molecular weight is 355 g/mol. The number of methoxy groups -OCH3 is 1. The third kappa shape index (κ3) is 4.54. The van der Waals surface area contributed by atoms with Crippen molar-refractivity contribution in [2.24, 2.45) is 0 Å². The number of sulfonamides is 1. The number of rotatable bonds is 7. The van der Waals surface area contributed by atoms with E-state index in [1.54, 1.807) is 18.2 Å². The van der Waals surface area contributed by atoms with Gasteiger partial charge in [0.15, 0.2) is 9.84 Å². The van der Waals surface area contributed by atoms with E-state index in [1.165, 1.54) is 43.5 Å². The second kappa shape index (κ2) is 7.12. The Morgan fingerprint density at radius 3 is 2.04 bits per heavy atom. The van der Waals surface area contributed by atoms with Crippen LogP contribution < -0.4 is 9.46 Å². The predicted molar refractivity (Wildman–Crippen MR) is 86.7 cm³/mol. The molecule has 2 aromatic carbocycles. The topological polar surface area (TPSA) is 89.5 Å². The summed E-state index contributed by atoms with van der Waals surface area (Å²) in [5.41, 5.74) is 0. The van der Waals surface area contributed by atoms with Gasteiger partial charge in [-0.2, -0.15) is 0 Å². The Bertz CT molecular complexity index is 845.